The summed E-state index contributed by atoms with van der Waals surface area (Å²) in [6, 6.07) is 0. The lowest BCUT2D eigenvalue weighted by Crippen LogP contribution is -2.29. The number of alkyl halides is 1. The van der Waals surface area contributed by atoms with Gasteiger partial charge in [-0.1, -0.05) is 11.6 Å². The molecule has 2 nitrogen and oxygen atoms in total. The van der Waals surface area contributed by atoms with Gasteiger partial charge in [0.15, 0.2) is 16.6 Å². The van der Waals surface area contributed by atoms with Crippen LogP contribution in [-0.4, -0.2) is 10.8 Å². The maximum Gasteiger partial charge on any atom is 0.197 e. The Hall–Kier alpha value is -0.280. The minimum absolute atomic E-state index is 0.108. The van der Waals surface area contributed by atoms with Crippen molar-refractivity contribution in [2.45, 2.75) is 5.50 Å². The Kier molecular flexibility index (Phi) is 1.93. The van der Waals surface area contributed by atoms with Gasteiger partial charge in [-0.15, -0.1) is 0 Å². The minimum Gasteiger partial charge on any atom is -0.338 e. The lowest BCUT2D eigenvalue weighted by molar-refractivity contribution is 0.575. The molecule has 0 aliphatic carbocycles. The van der Waals surface area contributed by atoms with Crippen LogP contribution in [0, 0.1) is 0 Å². The zero-order chi connectivity index (χ0) is 6.85. The third-order valence-corrected chi connectivity index (χ3v) is 1.31. The quantitative estimate of drug-likeness (QED) is 0.431. The van der Waals surface area contributed by atoms with Crippen LogP contribution in [0.25, 0.3) is 0 Å². The molecule has 0 radical (unpaired) electrons. The predicted molar refractivity (Wildman–Crippen MR) is 35.3 cm³/mol. The van der Waals surface area contributed by atoms with E-state index in [0.717, 1.165) is 6.20 Å². The summed E-state index contributed by atoms with van der Waals surface area (Å²) in [6.45, 7) is 0. The minimum atomic E-state index is -0.866. The normalized spacial score (nSPS) is 26.3. The second kappa shape index (κ2) is 2.54. The summed E-state index contributed by atoms with van der Waals surface area (Å²) in [7, 11) is 0. The van der Waals surface area contributed by atoms with E-state index < -0.39 is 11.3 Å². The zero-order valence-corrected chi connectivity index (χ0v) is 5.75. The van der Waals surface area contributed by atoms with Crippen LogP contribution < -0.4 is 5.32 Å². The summed E-state index contributed by atoms with van der Waals surface area (Å²) in [5.41, 5.74) is -0.866. The molecule has 0 bridgehead atoms. The van der Waals surface area contributed by atoms with Crippen molar-refractivity contribution in [2.24, 2.45) is 4.99 Å². The Bertz CT molecular complexity index is 177. The van der Waals surface area contributed by atoms with E-state index in [0.29, 0.717) is 0 Å². The van der Waals surface area contributed by atoms with E-state index in [2.05, 4.69) is 10.3 Å². The lowest BCUT2D eigenvalue weighted by Gasteiger charge is -2.11. The van der Waals surface area contributed by atoms with Crippen LogP contribution in [0.3, 0.4) is 0 Å². The number of hydrogen-bond acceptors (Lipinski definition) is 2. The SMILES string of the molecule is FC1=CN=C(Cl)NC1Cl. The number of nitrogens with one attached hydrogen (secondary N) is 1. The summed E-state index contributed by atoms with van der Waals surface area (Å²) in [5.74, 6) is -0.527. The molecule has 9 heavy (non-hydrogen) atoms. The molecule has 0 fully saturated rings. The summed E-state index contributed by atoms with van der Waals surface area (Å²) in [6.07, 6.45) is 0.983. The maximum atomic E-state index is 12.3. The van der Waals surface area contributed by atoms with E-state index in [1.165, 1.54) is 0 Å². The van der Waals surface area contributed by atoms with Crippen molar-refractivity contribution in [3.8, 4) is 0 Å². The Morgan fingerprint density at radius 1 is 1.78 bits per heavy atom. The van der Waals surface area contributed by atoms with Gasteiger partial charge in [-0.05, 0) is 11.6 Å². The zero-order valence-electron chi connectivity index (χ0n) is 4.24. The van der Waals surface area contributed by atoms with Crippen LogP contribution in [-0.2, 0) is 0 Å². The largest absolute Gasteiger partial charge is 0.338 e. The fourth-order valence-corrected chi connectivity index (χ4v) is 0.768. The maximum absolute atomic E-state index is 12.3. The van der Waals surface area contributed by atoms with Gasteiger partial charge in [-0.25, -0.2) is 9.38 Å². The van der Waals surface area contributed by atoms with Crippen LogP contribution in [0.4, 0.5) is 4.39 Å². The summed E-state index contributed by atoms with van der Waals surface area (Å²) in [4.78, 5) is 3.41. The molecular formula is C4H3Cl2FN2. The predicted octanol–water partition coefficient (Wildman–Crippen LogP) is 1.56. The smallest absolute Gasteiger partial charge is 0.197 e. The highest BCUT2D eigenvalue weighted by molar-refractivity contribution is 6.65. The molecule has 1 aliphatic rings. The van der Waals surface area contributed by atoms with Gasteiger partial charge in [0, 0.05) is 0 Å². The van der Waals surface area contributed by atoms with Crippen LogP contribution in [0.2, 0.25) is 0 Å². The molecule has 1 heterocycles. The molecule has 0 aromatic carbocycles. The average molecular weight is 169 g/mol. The topological polar surface area (TPSA) is 24.4 Å². The number of amidine groups is 1. The molecule has 0 aromatic rings. The molecule has 0 spiro atoms. The van der Waals surface area contributed by atoms with E-state index in [4.69, 9.17) is 23.2 Å². The monoisotopic (exact) mass is 168 g/mol. The molecule has 1 rings (SSSR count). The molecule has 1 atom stereocenters. The van der Waals surface area contributed by atoms with Crippen molar-refractivity contribution >= 4 is 28.5 Å². The van der Waals surface area contributed by atoms with Gasteiger partial charge in [0.05, 0.1) is 6.20 Å². The lowest BCUT2D eigenvalue weighted by atomic mass is 10.5. The Morgan fingerprint density at radius 3 is 2.89 bits per heavy atom. The number of halogens is 3. The summed E-state index contributed by atoms with van der Waals surface area (Å²) >= 11 is 10.7. The summed E-state index contributed by atoms with van der Waals surface area (Å²) < 4.78 is 12.3. The highest BCUT2D eigenvalue weighted by atomic mass is 35.5. The molecule has 1 N–H and O–H groups in total. The molecule has 50 valence electrons. The fourth-order valence-electron chi connectivity index (χ4n) is 0.395. The van der Waals surface area contributed by atoms with Gasteiger partial charge in [-0.2, -0.15) is 0 Å². The van der Waals surface area contributed by atoms with E-state index in [1.54, 1.807) is 0 Å². The van der Waals surface area contributed by atoms with Crippen molar-refractivity contribution < 1.29 is 4.39 Å². The number of rotatable bonds is 0. The van der Waals surface area contributed by atoms with Gasteiger partial charge in [0.25, 0.3) is 0 Å². The van der Waals surface area contributed by atoms with Crippen LogP contribution in [0.5, 0.6) is 0 Å². The van der Waals surface area contributed by atoms with Crippen LogP contribution >= 0.6 is 23.2 Å². The highest BCUT2D eigenvalue weighted by Crippen LogP contribution is 2.12. The van der Waals surface area contributed by atoms with E-state index in [9.17, 15) is 4.39 Å². The average Bonchev–Trinajstić information content (AvgIpc) is 1.80. The Morgan fingerprint density at radius 2 is 2.44 bits per heavy atom. The number of hydrogen-bond donors (Lipinski definition) is 1. The molecule has 5 heteroatoms. The van der Waals surface area contributed by atoms with E-state index >= 15 is 0 Å². The van der Waals surface area contributed by atoms with Gasteiger partial charge in [0.1, 0.15) is 0 Å². The van der Waals surface area contributed by atoms with Crippen molar-refractivity contribution in [3.05, 3.63) is 12.0 Å². The molecule has 0 saturated heterocycles. The first-order chi connectivity index (χ1) is 4.20. The molecule has 0 aromatic heterocycles. The van der Waals surface area contributed by atoms with Gasteiger partial charge in [-0.3, -0.25) is 0 Å². The Balaban J connectivity index is 2.74. The fraction of sp³-hybridized carbons (Fsp3) is 0.250. The molecule has 1 unspecified atom stereocenters. The van der Waals surface area contributed by atoms with Crippen molar-refractivity contribution in [2.75, 3.05) is 0 Å². The summed E-state index contributed by atoms with van der Waals surface area (Å²) in [5, 5.41) is 2.47. The van der Waals surface area contributed by atoms with Gasteiger partial charge in [0.2, 0.25) is 0 Å². The Labute approximate surface area is 61.4 Å². The van der Waals surface area contributed by atoms with Crippen molar-refractivity contribution in [1.82, 2.24) is 5.32 Å². The molecule has 0 saturated carbocycles. The van der Waals surface area contributed by atoms with Gasteiger partial charge >= 0.3 is 0 Å². The van der Waals surface area contributed by atoms with Crippen LogP contribution in [0.1, 0.15) is 0 Å². The number of nitrogens with zero attached hydrogens (tertiary/aromatic N) is 1. The first-order valence-electron chi connectivity index (χ1n) is 2.19. The van der Waals surface area contributed by atoms with Crippen LogP contribution in [0.15, 0.2) is 17.0 Å². The first-order valence-corrected chi connectivity index (χ1v) is 3.01. The van der Waals surface area contributed by atoms with E-state index in [1.807, 2.05) is 0 Å². The number of aliphatic imine (C=N–C) groups is 1. The third kappa shape index (κ3) is 1.56. The van der Waals surface area contributed by atoms with Crippen molar-refractivity contribution in [1.29, 1.82) is 0 Å². The molecule has 0 amide bonds. The third-order valence-electron chi connectivity index (χ3n) is 0.789. The second-order valence-electron chi connectivity index (χ2n) is 1.44. The highest BCUT2D eigenvalue weighted by Gasteiger charge is 2.14. The van der Waals surface area contributed by atoms with E-state index in [-0.39, 0.29) is 5.29 Å². The first kappa shape index (κ1) is 6.83. The van der Waals surface area contributed by atoms with Crippen molar-refractivity contribution in [3.63, 3.8) is 0 Å². The molecular weight excluding hydrogens is 166 g/mol. The standard InChI is InChI=1S/C4H3Cl2FN2/c5-3-2(7)1-8-4(6)9-3/h1,3H,(H,8,9). The second-order valence-corrected chi connectivity index (χ2v) is 2.24. The molecule has 1 aliphatic heterocycles. The van der Waals surface area contributed by atoms with Gasteiger partial charge < -0.3 is 5.32 Å².